The summed E-state index contributed by atoms with van der Waals surface area (Å²) in [5.74, 6) is 0. The van der Waals surface area contributed by atoms with Crippen LogP contribution in [0.5, 0.6) is 0 Å². The molecule has 0 radical (unpaired) electrons. The predicted molar refractivity (Wildman–Crippen MR) is 48.1 cm³/mol. The fraction of sp³-hybridized carbons (Fsp3) is 0.750. The first-order valence-electron chi connectivity index (χ1n) is 4.26. The molecule has 1 saturated carbocycles. The second-order valence-electron chi connectivity index (χ2n) is 3.11. The molecule has 0 saturated heterocycles. The number of aliphatic imine (C=N–C) groups is 1. The van der Waals surface area contributed by atoms with Gasteiger partial charge in [-0.05, 0) is 12.8 Å². The lowest BCUT2D eigenvalue weighted by atomic mass is 10.2. The van der Waals surface area contributed by atoms with E-state index in [9.17, 15) is 4.79 Å². The van der Waals surface area contributed by atoms with Crippen LogP contribution in [0.25, 0.3) is 0 Å². The number of hydrogen-bond donors (Lipinski definition) is 1. The molecule has 2 N–H and O–H groups in total. The minimum absolute atomic E-state index is 0.232. The molecule has 0 bridgehead atoms. The highest BCUT2D eigenvalue weighted by atomic mass is 16.2. The zero-order valence-corrected chi connectivity index (χ0v) is 7.36. The molecule has 0 unspecified atom stereocenters. The molecule has 0 spiro atoms. The van der Waals surface area contributed by atoms with Crippen molar-refractivity contribution in [2.75, 3.05) is 7.05 Å². The molecule has 0 aromatic heterocycles. The van der Waals surface area contributed by atoms with Crippen molar-refractivity contribution < 1.29 is 4.79 Å². The van der Waals surface area contributed by atoms with Crippen LogP contribution in [0.3, 0.4) is 0 Å². The van der Waals surface area contributed by atoms with E-state index < -0.39 is 0 Å². The topological polar surface area (TPSA) is 58.7 Å². The molecular formula is C8H15N3O. The van der Waals surface area contributed by atoms with Crippen LogP contribution in [0.4, 0.5) is 4.79 Å². The smallest absolute Gasteiger partial charge is 0.344 e. The van der Waals surface area contributed by atoms with Crippen LogP contribution in [-0.2, 0) is 0 Å². The summed E-state index contributed by atoms with van der Waals surface area (Å²) in [5.41, 5.74) is 5.03. The number of hydrogen-bond acceptors (Lipinski definition) is 1. The molecule has 1 aliphatic carbocycles. The summed E-state index contributed by atoms with van der Waals surface area (Å²) in [6.45, 7) is 0. The van der Waals surface area contributed by atoms with Gasteiger partial charge in [0.05, 0.1) is 6.34 Å². The first-order valence-corrected chi connectivity index (χ1v) is 4.26. The van der Waals surface area contributed by atoms with E-state index in [0.29, 0.717) is 6.04 Å². The summed E-state index contributed by atoms with van der Waals surface area (Å²) in [7, 11) is 1.78. The largest absolute Gasteiger partial charge is 0.390 e. The predicted octanol–water partition coefficient (Wildman–Crippen LogP) is 0.968. The van der Waals surface area contributed by atoms with E-state index in [1.54, 1.807) is 11.9 Å². The highest BCUT2D eigenvalue weighted by Crippen LogP contribution is 2.22. The second-order valence-corrected chi connectivity index (χ2v) is 3.11. The van der Waals surface area contributed by atoms with Gasteiger partial charge in [0.1, 0.15) is 0 Å². The van der Waals surface area contributed by atoms with E-state index >= 15 is 0 Å². The van der Waals surface area contributed by atoms with E-state index in [-0.39, 0.29) is 6.03 Å². The maximum Gasteiger partial charge on any atom is 0.344 e. The van der Waals surface area contributed by atoms with E-state index in [0.717, 1.165) is 19.2 Å². The molecule has 12 heavy (non-hydrogen) atoms. The first kappa shape index (κ1) is 9.03. The molecule has 4 heteroatoms. The number of rotatable bonds is 1. The quantitative estimate of drug-likeness (QED) is 0.469. The molecule has 1 fully saturated rings. The van der Waals surface area contributed by atoms with Crippen molar-refractivity contribution in [3.05, 3.63) is 0 Å². The molecule has 1 rings (SSSR count). The Hall–Kier alpha value is -1.06. The Morgan fingerprint density at radius 1 is 1.58 bits per heavy atom. The zero-order valence-electron chi connectivity index (χ0n) is 7.36. The number of urea groups is 1. The van der Waals surface area contributed by atoms with Gasteiger partial charge in [-0.25, -0.2) is 4.79 Å². The van der Waals surface area contributed by atoms with Crippen LogP contribution < -0.4 is 5.73 Å². The fourth-order valence-corrected chi connectivity index (χ4v) is 1.60. The van der Waals surface area contributed by atoms with Gasteiger partial charge in [0.25, 0.3) is 0 Å². The summed E-state index contributed by atoms with van der Waals surface area (Å²) in [6, 6.07) is 0.144. The zero-order chi connectivity index (χ0) is 8.97. The van der Waals surface area contributed by atoms with Crippen molar-refractivity contribution in [3.8, 4) is 0 Å². The Labute approximate surface area is 72.4 Å². The Bertz CT molecular complexity index is 185. The molecule has 0 heterocycles. The van der Waals surface area contributed by atoms with E-state index in [2.05, 4.69) is 4.99 Å². The van der Waals surface area contributed by atoms with Gasteiger partial charge in [-0.3, -0.25) is 0 Å². The minimum Gasteiger partial charge on any atom is -0.390 e. The molecule has 0 aromatic carbocycles. The van der Waals surface area contributed by atoms with Crippen molar-refractivity contribution in [1.82, 2.24) is 4.90 Å². The average Bonchev–Trinajstić information content (AvgIpc) is 2.55. The molecule has 2 amide bonds. The fourth-order valence-electron chi connectivity index (χ4n) is 1.60. The molecule has 0 atom stereocenters. The molecule has 0 aromatic rings. The minimum atomic E-state index is -0.232. The third-order valence-corrected chi connectivity index (χ3v) is 2.36. The lowest BCUT2D eigenvalue weighted by Gasteiger charge is -2.21. The number of amides is 2. The summed E-state index contributed by atoms with van der Waals surface area (Å²) in [4.78, 5) is 16.4. The molecular weight excluding hydrogens is 154 g/mol. The van der Waals surface area contributed by atoms with E-state index in [1.165, 1.54) is 12.8 Å². The normalized spacial score (nSPS) is 18.8. The highest BCUT2D eigenvalue weighted by molar-refractivity contribution is 5.82. The molecule has 1 aliphatic rings. The summed E-state index contributed by atoms with van der Waals surface area (Å²) < 4.78 is 0. The van der Waals surface area contributed by atoms with Gasteiger partial charge in [0, 0.05) is 13.1 Å². The monoisotopic (exact) mass is 169 g/mol. The Balaban J connectivity index is 2.45. The van der Waals surface area contributed by atoms with Gasteiger partial charge in [-0.2, -0.15) is 4.99 Å². The third-order valence-electron chi connectivity index (χ3n) is 2.36. The Morgan fingerprint density at radius 3 is 2.67 bits per heavy atom. The van der Waals surface area contributed by atoms with E-state index in [4.69, 9.17) is 5.73 Å². The Kier molecular flexibility index (Phi) is 3.08. The van der Waals surface area contributed by atoms with Crippen molar-refractivity contribution in [1.29, 1.82) is 0 Å². The van der Waals surface area contributed by atoms with Crippen molar-refractivity contribution in [2.24, 2.45) is 10.7 Å². The van der Waals surface area contributed by atoms with Crippen molar-refractivity contribution in [3.63, 3.8) is 0 Å². The van der Waals surface area contributed by atoms with Crippen LogP contribution in [0.15, 0.2) is 4.99 Å². The standard InChI is InChI=1S/C8H15N3O/c1-11(8(12)10-6-9)7-4-2-3-5-7/h6-7H,2-5H2,1H3,(H2,9,10,12). The first-order chi connectivity index (χ1) is 5.75. The maximum atomic E-state index is 11.2. The summed E-state index contributed by atoms with van der Waals surface area (Å²) in [5, 5.41) is 0. The number of carbonyl (C=O) groups is 1. The molecule has 4 nitrogen and oxygen atoms in total. The van der Waals surface area contributed by atoms with Gasteiger partial charge < -0.3 is 10.6 Å². The van der Waals surface area contributed by atoms with Gasteiger partial charge in [0.2, 0.25) is 0 Å². The summed E-state index contributed by atoms with van der Waals surface area (Å²) >= 11 is 0. The van der Waals surface area contributed by atoms with Gasteiger partial charge in [-0.1, -0.05) is 12.8 Å². The van der Waals surface area contributed by atoms with Crippen LogP contribution >= 0.6 is 0 Å². The van der Waals surface area contributed by atoms with Crippen LogP contribution in [0.1, 0.15) is 25.7 Å². The number of nitrogens with zero attached hydrogens (tertiary/aromatic N) is 2. The van der Waals surface area contributed by atoms with Crippen molar-refractivity contribution >= 4 is 12.4 Å². The van der Waals surface area contributed by atoms with Crippen LogP contribution in [0, 0.1) is 0 Å². The lowest BCUT2D eigenvalue weighted by Crippen LogP contribution is -2.33. The maximum absolute atomic E-state index is 11.2. The average molecular weight is 169 g/mol. The lowest BCUT2D eigenvalue weighted by molar-refractivity contribution is 0.201. The van der Waals surface area contributed by atoms with E-state index in [1.807, 2.05) is 0 Å². The SMILES string of the molecule is CN(C(=O)N=CN)C1CCCC1. The van der Waals surface area contributed by atoms with Gasteiger partial charge >= 0.3 is 6.03 Å². The van der Waals surface area contributed by atoms with Gasteiger partial charge in [0.15, 0.2) is 0 Å². The summed E-state index contributed by atoms with van der Waals surface area (Å²) in [6.07, 6.45) is 5.68. The number of carbonyl (C=O) groups excluding carboxylic acids is 1. The highest BCUT2D eigenvalue weighted by Gasteiger charge is 2.22. The second kappa shape index (κ2) is 4.09. The third kappa shape index (κ3) is 1.96. The van der Waals surface area contributed by atoms with Crippen molar-refractivity contribution in [2.45, 2.75) is 31.7 Å². The van der Waals surface area contributed by atoms with Gasteiger partial charge in [-0.15, -0.1) is 0 Å². The molecule has 68 valence electrons. The number of nitrogens with two attached hydrogens (primary N) is 1. The molecule has 0 aliphatic heterocycles. The van der Waals surface area contributed by atoms with Crippen LogP contribution in [-0.4, -0.2) is 30.4 Å². The van der Waals surface area contributed by atoms with Crippen LogP contribution in [0.2, 0.25) is 0 Å². The Morgan fingerprint density at radius 2 is 2.17 bits per heavy atom.